The standard InChI is InChI=1S/C20H32N6O/c1-3-25-10-12-26(13-11-25)9-8-22-20(21-2)23-15-16-14-19(27)24-18-7-5-4-6-17(16)18/h4-7,16H,3,8-15H2,1-2H3,(H,24,27)(H2,21,22,23). The van der Waals surface area contributed by atoms with Crippen molar-refractivity contribution in [3.63, 3.8) is 0 Å². The van der Waals surface area contributed by atoms with Crippen LogP contribution in [0.3, 0.4) is 0 Å². The highest BCUT2D eigenvalue weighted by atomic mass is 16.1. The number of nitrogens with one attached hydrogen (secondary N) is 3. The summed E-state index contributed by atoms with van der Waals surface area (Å²) < 4.78 is 0. The van der Waals surface area contributed by atoms with E-state index in [1.165, 1.54) is 5.56 Å². The molecule has 3 N–H and O–H groups in total. The molecule has 1 aromatic carbocycles. The number of guanidine groups is 1. The Kier molecular flexibility index (Phi) is 7.06. The van der Waals surface area contributed by atoms with Gasteiger partial charge in [0.1, 0.15) is 0 Å². The van der Waals surface area contributed by atoms with Crippen molar-refractivity contribution in [1.29, 1.82) is 0 Å². The summed E-state index contributed by atoms with van der Waals surface area (Å²) in [4.78, 5) is 21.3. The van der Waals surface area contributed by atoms with Crippen molar-refractivity contribution in [3.8, 4) is 0 Å². The van der Waals surface area contributed by atoms with Gasteiger partial charge >= 0.3 is 0 Å². The number of amides is 1. The van der Waals surface area contributed by atoms with Gasteiger partial charge in [0, 0.05) is 70.9 Å². The molecule has 1 aromatic rings. The van der Waals surface area contributed by atoms with Crippen molar-refractivity contribution in [3.05, 3.63) is 29.8 Å². The van der Waals surface area contributed by atoms with Gasteiger partial charge in [-0.05, 0) is 18.2 Å². The average molecular weight is 373 g/mol. The molecule has 0 aliphatic carbocycles. The molecule has 27 heavy (non-hydrogen) atoms. The monoisotopic (exact) mass is 372 g/mol. The van der Waals surface area contributed by atoms with Gasteiger partial charge in [0.15, 0.2) is 5.96 Å². The molecule has 2 aliphatic rings. The molecule has 1 unspecified atom stereocenters. The number of para-hydroxylation sites is 1. The summed E-state index contributed by atoms with van der Waals surface area (Å²) >= 11 is 0. The fourth-order valence-corrected chi connectivity index (χ4v) is 3.79. The Hall–Kier alpha value is -2.12. The zero-order valence-electron chi connectivity index (χ0n) is 16.5. The Morgan fingerprint density at radius 2 is 1.93 bits per heavy atom. The number of anilines is 1. The fraction of sp³-hybridized carbons (Fsp3) is 0.600. The minimum atomic E-state index is 0.0784. The van der Waals surface area contributed by atoms with E-state index in [-0.39, 0.29) is 11.8 Å². The van der Waals surface area contributed by atoms with E-state index in [0.717, 1.165) is 57.5 Å². The predicted octanol–water partition coefficient (Wildman–Crippen LogP) is 0.915. The molecule has 7 heteroatoms. The number of rotatable bonds is 6. The predicted molar refractivity (Wildman–Crippen MR) is 110 cm³/mol. The van der Waals surface area contributed by atoms with Gasteiger partial charge in [-0.1, -0.05) is 25.1 Å². The third-order valence-electron chi connectivity index (χ3n) is 5.48. The summed E-state index contributed by atoms with van der Waals surface area (Å²) in [5, 5.41) is 9.73. The van der Waals surface area contributed by atoms with Gasteiger partial charge in [-0.25, -0.2) is 0 Å². The van der Waals surface area contributed by atoms with E-state index >= 15 is 0 Å². The molecule has 148 valence electrons. The highest BCUT2D eigenvalue weighted by Gasteiger charge is 2.24. The number of aliphatic imine (C=N–C) groups is 1. The molecule has 1 fully saturated rings. The molecular formula is C20H32N6O. The van der Waals surface area contributed by atoms with E-state index in [4.69, 9.17) is 0 Å². The van der Waals surface area contributed by atoms with Crippen LogP contribution in [0.1, 0.15) is 24.8 Å². The Morgan fingerprint density at radius 1 is 1.19 bits per heavy atom. The number of carbonyl (C=O) groups is 1. The quantitative estimate of drug-likeness (QED) is 0.512. The summed E-state index contributed by atoms with van der Waals surface area (Å²) in [6.45, 7) is 10.5. The van der Waals surface area contributed by atoms with Crippen molar-refractivity contribution < 1.29 is 4.79 Å². The van der Waals surface area contributed by atoms with Gasteiger partial charge in [-0.3, -0.25) is 14.7 Å². The lowest BCUT2D eigenvalue weighted by Gasteiger charge is -2.34. The van der Waals surface area contributed by atoms with Crippen molar-refractivity contribution in [2.45, 2.75) is 19.3 Å². The number of fused-ring (bicyclic) bond motifs is 1. The molecule has 7 nitrogen and oxygen atoms in total. The minimum absolute atomic E-state index is 0.0784. The highest BCUT2D eigenvalue weighted by Crippen LogP contribution is 2.31. The Balaban J connectivity index is 1.43. The maximum Gasteiger partial charge on any atom is 0.225 e. The molecule has 1 amide bonds. The van der Waals surface area contributed by atoms with Crippen LogP contribution in [0.5, 0.6) is 0 Å². The van der Waals surface area contributed by atoms with Crippen molar-refractivity contribution in [2.24, 2.45) is 4.99 Å². The average Bonchev–Trinajstić information content (AvgIpc) is 2.70. The smallest absolute Gasteiger partial charge is 0.225 e. The number of carbonyl (C=O) groups excluding carboxylic acids is 1. The fourth-order valence-electron chi connectivity index (χ4n) is 3.79. The normalized spacial score (nSPS) is 21.5. The number of likely N-dealkylation sites (N-methyl/N-ethyl adjacent to an activating group) is 1. The van der Waals surface area contributed by atoms with Crippen LogP contribution in [0.4, 0.5) is 5.69 Å². The second kappa shape index (κ2) is 9.71. The van der Waals surface area contributed by atoms with Crippen LogP contribution in [-0.2, 0) is 4.79 Å². The van der Waals surface area contributed by atoms with E-state index in [2.05, 4.69) is 43.7 Å². The van der Waals surface area contributed by atoms with Gasteiger partial charge in [0.25, 0.3) is 0 Å². The summed E-state index contributed by atoms with van der Waals surface area (Å²) in [5.74, 6) is 1.04. The number of hydrogen-bond acceptors (Lipinski definition) is 4. The molecule has 1 atom stereocenters. The van der Waals surface area contributed by atoms with Crippen molar-refractivity contribution in [2.75, 3.05) is 64.7 Å². The lowest BCUT2D eigenvalue weighted by Crippen LogP contribution is -2.49. The maximum atomic E-state index is 11.9. The van der Waals surface area contributed by atoms with E-state index in [9.17, 15) is 4.79 Å². The Morgan fingerprint density at radius 3 is 2.67 bits per heavy atom. The summed E-state index contributed by atoms with van der Waals surface area (Å²) in [7, 11) is 1.79. The zero-order valence-corrected chi connectivity index (χ0v) is 16.5. The van der Waals surface area contributed by atoms with Gasteiger partial charge < -0.3 is 20.9 Å². The summed E-state index contributed by atoms with van der Waals surface area (Å²) in [5.41, 5.74) is 2.11. The maximum absolute atomic E-state index is 11.9. The van der Waals surface area contributed by atoms with Crippen LogP contribution in [0.15, 0.2) is 29.3 Å². The SMILES string of the molecule is CCN1CCN(CCNC(=NC)NCC2CC(=O)Nc3ccccc32)CC1. The molecular weight excluding hydrogens is 340 g/mol. The lowest BCUT2D eigenvalue weighted by atomic mass is 9.90. The van der Waals surface area contributed by atoms with Crippen molar-refractivity contribution >= 4 is 17.6 Å². The molecule has 3 rings (SSSR count). The number of piperazine rings is 1. The van der Waals surface area contributed by atoms with Crippen LogP contribution in [-0.4, -0.2) is 81.1 Å². The van der Waals surface area contributed by atoms with E-state index < -0.39 is 0 Å². The van der Waals surface area contributed by atoms with Crippen LogP contribution >= 0.6 is 0 Å². The highest BCUT2D eigenvalue weighted by molar-refractivity contribution is 5.94. The summed E-state index contributed by atoms with van der Waals surface area (Å²) in [6, 6.07) is 8.03. The van der Waals surface area contributed by atoms with Gasteiger partial charge in [0.05, 0.1) is 0 Å². The molecule has 0 aromatic heterocycles. The first-order chi connectivity index (χ1) is 13.2. The zero-order chi connectivity index (χ0) is 19.1. The molecule has 0 saturated carbocycles. The largest absolute Gasteiger partial charge is 0.356 e. The molecule has 1 saturated heterocycles. The Bertz CT molecular complexity index is 654. The third-order valence-corrected chi connectivity index (χ3v) is 5.48. The first-order valence-electron chi connectivity index (χ1n) is 9.97. The number of hydrogen-bond donors (Lipinski definition) is 3. The minimum Gasteiger partial charge on any atom is -0.356 e. The van der Waals surface area contributed by atoms with Gasteiger partial charge in [-0.15, -0.1) is 0 Å². The number of nitrogens with zero attached hydrogens (tertiary/aromatic N) is 3. The van der Waals surface area contributed by atoms with Crippen LogP contribution in [0.25, 0.3) is 0 Å². The molecule has 0 spiro atoms. The molecule has 0 bridgehead atoms. The topological polar surface area (TPSA) is 72.0 Å². The van der Waals surface area contributed by atoms with E-state index in [1.54, 1.807) is 7.05 Å². The van der Waals surface area contributed by atoms with Crippen LogP contribution < -0.4 is 16.0 Å². The number of benzene rings is 1. The van der Waals surface area contributed by atoms with Gasteiger partial charge in [-0.2, -0.15) is 0 Å². The van der Waals surface area contributed by atoms with Gasteiger partial charge in [0.2, 0.25) is 5.91 Å². The van der Waals surface area contributed by atoms with Crippen molar-refractivity contribution in [1.82, 2.24) is 20.4 Å². The van der Waals surface area contributed by atoms with Crippen LogP contribution in [0.2, 0.25) is 0 Å². The first-order valence-corrected chi connectivity index (χ1v) is 9.97. The van der Waals surface area contributed by atoms with E-state index in [1.807, 2.05) is 18.2 Å². The second-order valence-corrected chi connectivity index (χ2v) is 7.19. The third kappa shape index (κ3) is 5.43. The Labute approximate surface area is 162 Å². The lowest BCUT2D eigenvalue weighted by molar-refractivity contribution is -0.116. The summed E-state index contributed by atoms with van der Waals surface area (Å²) in [6.07, 6.45) is 0.503. The van der Waals surface area contributed by atoms with Crippen LogP contribution in [0, 0.1) is 0 Å². The molecule has 2 heterocycles. The molecule has 2 aliphatic heterocycles. The second-order valence-electron chi connectivity index (χ2n) is 7.19. The first kappa shape index (κ1) is 19.6. The molecule has 0 radical (unpaired) electrons. The van der Waals surface area contributed by atoms with E-state index in [0.29, 0.717) is 13.0 Å².